The normalized spacial score (nSPS) is 18.6. The number of benzene rings is 1. The van der Waals surface area contributed by atoms with Gasteiger partial charge in [0.15, 0.2) is 0 Å². The number of fused-ring (bicyclic) bond motifs is 1. The van der Waals surface area contributed by atoms with Crippen molar-refractivity contribution < 1.29 is 13.9 Å². The smallest absolute Gasteiger partial charge is 0.239 e. The van der Waals surface area contributed by atoms with Crippen molar-refractivity contribution in [3.8, 4) is 0 Å². The number of carbonyl (C=O) groups excluding carboxylic acids is 1. The summed E-state index contributed by atoms with van der Waals surface area (Å²) in [5.74, 6) is 0.332. The molecule has 2 unspecified atom stereocenters. The minimum absolute atomic E-state index is 0. The van der Waals surface area contributed by atoms with Gasteiger partial charge < -0.3 is 15.8 Å². The van der Waals surface area contributed by atoms with Crippen LogP contribution in [0, 0.1) is 5.82 Å². The molecule has 0 saturated carbocycles. The number of rotatable bonds is 4. The van der Waals surface area contributed by atoms with Crippen LogP contribution in [0.3, 0.4) is 0 Å². The van der Waals surface area contributed by atoms with Crippen LogP contribution in [0.2, 0.25) is 0 Å². The van der Waals surface area contributed by atoms with Gasteiger partial charge >= 0.3 is 0 Å². The lowest BCUT2D eigenvalue weighted by atomic mass is 10.0. The maximum Gasteiger partial charge on any atom is 0.239 e. The van der Waals surface area contributed by atoms with Gasteiger partial charge in [-0.05, 0) is 30.2 Å². The van der Waals surface area contributed by atoms with Crippen LogP contribution in [0.5, 0.6) is 0 Å². The second kappa shape index (κ2) is 7.83. The van der Waals surface area contributed by atoms with E-state index in [9.17, 15) is 9.18 Å². The van der Waals surface area contributed by atoms with Crippen molar-refractivity contribution in [2.45, 2.75) is 23.4 Å². The SMILES string of the molecule is COCC(N)C(=O)NC1CCSc2ccc(F)cc21.Cl. The van der Waals surface area contributed by atoms with Gasteiger partial charge in [0.1, 0.15) is 11.9 Å². The Hall–Kier alpha value is -0.820. The van der Waals surface area contributed by atoms with Crippen LogP contribution in [0.1, 0.15) is 18.0 Å². The predicted molar refractivity (Wildman–Crippen MR) is 79.7 cm³/mol. The Balaban J connectivity index is 0.00000200. The first-order valence-electron chi connectivity index (χ1n) is 6.09. The van der Waals surface area contributed by atoms with E-state index in [-0.39, 0.29) is 36.8 Å². The van der Waals surface area contributed by atoms with Crippen LogP contribution in [0.4, 0.5) is 4.39 Å². The Labute approximate surface area is 128 Å². The van der Waals surface area contributed by atoms with Crippen molar-refractivity contribution in [3.63, 3.8) is 0 Å². The molecule has 20 heavy (non-hydrogen) atoms. The molecule has 2 rings (SSSR count). The topological polar surface area (TPSA) is 64.3 Å². The fraction of sp³-hybridized carbons (Fsp3) is 0.462. The number of nitrogens with two attached hydrogens (primary N) is 1. The average molecular weight is 321 g/mol. The molecule has 7 heteroatoms. The quantitative estimate of drug-likeness (QED) is 0.889. The molecular weight excluding hydrogens is 303 g/mol. The van der Waals surface area contributed by atoms with Gasteiger partial charge in [0.25, 0.3) is 0 Å². The van der Waals surface area contributed by atoms with Crippen LogP contribution in [0.25, 0.3) is 0 Å². The Morgan fingerprint density at radius 2 is 2.40 bits per heavy atom. The van der Waals surface area contributed by atoms with Crippen LogP contribution < -0.4 is 11.1 Å². The monoisotopic (exact) mass is 320 g/mol. The minimum Gasteiger partial charge on any atom is -0.383 e. The lowest BCUT2D eigenvalue weighted by molar-refractivity contribution is -0.124. The summed E-state index contributed by atoms with van der Waals surface area (Å²) in [6, 6.07) is 3.79. The van der Waals surface area contributed by atoms with Crippen molar-refractivity contribution in [1.29, 1.82) is 0 Å². The summed E-state index contributed by atoms with van der Waals surface area (Å²) in [6.07, 6.45) is 0.770. The highest BCUT2D eigenvalue weighted by Crippen LogP contribution is 2.36. The zero-order valence-corrected chi connectivity index (χ0v) is 12.7. The van der Waals surface area contributed by atoms with E-state index in [1.165, 1.54) is 19.2 Å². The minimum atomic E-state index is -0.698. The van der Waals surface area contributed by atoms with Crippen molar-refractivity contribution in [2.24, 2.45) is 5.73 Å². The van der Waals surface area contributed by atoms with Gasteiger partial charge in [-0.3, -0.25) is 4.79 Å². The van der Waals surface area contributed by atoms with Crippen molar-refractivity contribution >= 4 is 30.1 Å². The molecule has 0 saturated heterocycles. The molecule has 1 amide bonds. The summed E-state index contributed by atoms with van der Waals surface area (Å²) in [6.45, 7) is 0.170. The summed E-state index contributed by atoms with van der Waals surface area (Å²) in [4.78, 5) is 12.9. The first-order valence-corrected chi connectivity index (χ1v) is 7.07. The molecule has 1 aromatic rings. The molecule has 3 N–H and O–H groups in total. The average Bonchev–Trinajstić information content (AvgIpc) is 2.39. The van der Waals surface area contributed by atoms with Crippen molar-refractivity contribution in [2.75, 3.05) is 19.5 Å². The number of hydrogen-bond acceptors (Lipinski definition) is 4. The molecule has 1 aromatic carbocycles. The molecule has 0 spiro atoms. The highest BCUT2D eigenvalue weighted by molar-refractivity contribution is 7.99. The summed E-state index contributed by atoms with van der Waals surface area (Å²) < 4.78 is 18.2. The molecule has 1 aliphatic heterocycles. The Morgan fingerprint density at radius 1 is 1.65 bits per heavy atom. The Kier molecular flexibility index (Phi) is 6.75. The third kappa shape index (κ3) is 4.09. The fourth-order valence-corrected chi connectivity index (χ4v) is 3.15. The van der Waals surface area contributed by atoms with Gasteiger partial charge in [-0.25, -0.2) is 4.39 Å². The number of nitrogens with one attached hydrogen (secondary N) is 1. The van der Waals surface area contributed by atoms with E-state index >= 15 is 0 Å². The third-order valence-corrected chi connectivity index (χ3v) is 4.13. The van der Waals surface area contributed by atoms with Crippen LogP contribution in [-0.2, 0) is 9.53 Å². The summed E-state index contributed by atoms with van der Waals surface area (Å²) >= 11 is 1.67. The molecule has 1 heterocycles. The van der Waals surface area contributed by atoms with Crippen LogP contribution in [-0.4, -0.2) is 31.4 Å². The van der Waals surface area contributed by atoms with E-state index in [2.05, 4.69) is 5.32 Å². The molecular formula is C13H18ClFN2O2S. The number of halogens is 2. The Morgan fingerprint density at radius 3 is 3.10 bits per heavy atom. The third-order valence-electron chi connectivity index (χ3n) is 3.01. The van der Waals surface area contributed by atoms with Crippen molar-refractivity contribution in [3.05, 3.63) is 29.6 Å². The lowest BCUT2D eigenvalue weighted by Crippen LogP contribution is -2.45. The van der Waals surface area contributed by atoms with E-state index in [1.54, 1.807) is 17.8 Å². The van der Waals surface area contributed by atoms with Gasteiger partial charge in [-0.1, -0.05) is 0 Å². The highest BCUT2D eigenvalue weighted by Gasteiger charge is 2.24. The second-order valence-electron chi connectivity index (χ2n) is 4.44. The van der Waals surface area contributed by atoms with Crippen molar-refractivity contribution in [1.82, 2.24) is 5.32 Å². The standard InChI is InChI=1S/C13H17FN2O2S.ClH/c1-18-7-10(15)13(17)16-11-4-5-19-12-3-2-8(14)6-9(11)12;/h2-3,6,10-11H,4-5,7,15H2,1H3,(H,16,17);1H. The van der Waals surface area contributed by atoms with E-state index < -0.39 is 6.04 Å². The predicted octanol–water partition coefficient (Wildman–Crippen LogP) is 1.87. The maximum absolute atomic E-state index is 13.3. The molecule has 0 aromatic heterocycles. The molecule has 2 atom stereocenters. The molecule has 0 aliphatic carbocycles. The number of methoxy groups -OCH3 is 1. The summed E-state index contributed by atoms with van der Waals surface area (Å²) in [5.41, 5.74) is 6.51. The first kappa shape index (κ1) is 17.2. The number of carbonyl (C=O) groups is 1. The van der Waals surface area contributed by atoms with Gasteiger partial charge in [0, 0.05) is 17.8 Å². The number of amides is 1. The zero-order chi connectivity index (χ0) is 13.8. The number of ether oxygens (including phenoxy) is 1. The van der Waals surface area contributed by atoms with Gasteiger partial charge in [0.05, 0.1) is 12.6 Å². The van der Waals surface area contributed by atoms with E-state index in [4.69, 9.17) is 10.5 Å². The Bertz CT molecular complexity index is 476. The lowest BCUT2D eigenvalue weighted by Gasteiger charge is -2.27. The molecule has 4 nitrogen and oxygen atoms in total. The molecule has 1 aliphatic rings. The first-order chi connectivity index (χ1) is 9.11. The van der Waals surface area contributed by atoms with E-state index in [1.807, 2.05) is 0 Å². The second-order valence-corrected chi connectivity index (χ2v) is 5.58. The van der Waals surface area contributed by atoms with Gasteiger partial charge in [-0.15, -0.1) is 24.2 Å². The summed E-state index contributed by atoms with van der Waals surface area (Å²) in [7, 11) is 1.50. The van der Waals surface area contributed by atoms with Gasteiger partial charge in [-0.2, -0.15) is 0 Å². The maximum atomic E-state index is 13.3. The van der Waals surface area contributed by atoms with Crippen LogP contribution >= 0.6 is 24.2 Å². The largest absolute Gasteiger partial charge is 0.383 e. The molecule has 0 radical (unpaired) electrons. The molecule has 0 fully saturated rings. The van der Waals surface area contributed by atoms with Crippen LogP contribution in [0.15, 0.2) is 23.1 Å². The number of hydrogen-bond donors (Lipinski definition) is 2. The molecule has 112 valence electrons. The summed E-state index contributed by atoms with van der Waals surface area (Å²) in [5, 5.41) is 2.86. The number of thioether (sulfide) groups is 1. The van der Waals surface area contributed by atoms with Gasteiger partial charge in [0.2, 0.25) is 5.91 Å². The van der Waals surface area contributed by atoms with E-state index in [0.29, 0.717) is 0 Å². The molecule has 0 bridgehead atoms. The van der Waals surface area contributed by atoms with E-state index in [0.717, 1.165) is 22.6 Å². The fourth-order valence-electron chi connectivity index (χ4n) is 2.05. The highest BCUT2D eigenvalue weighted by atomic mass is 35.5. The zero-order valence-electron chi connectivity index (χ0n) is 11.1.